The quantitative estimate of drug-likeness (QED) is 0.817. The predicted molar refractivity (Wildman–Crippen MR) is 91.0 cm³/mol. The van der Waals surface area contributed by atoms with Crippen molar-refractivity contribution in [1.82, 2.24) is 0 Å². The van der Waals surface area contributed by atoms with Crippen molar-refractivity contribution in [2.24, 2.45) is 0 Å². The summed E-state index contributed by atoms with van der Waals surface area (Å²) in [7, 11) is -3.75. The maximum atomic E-state index is 12.5. The largest absolute Gasteiger partial charge is 0.490 e. The van der Waals surface area contributed by atoms with E-state index in [4.69, 9.17) is 21.1 Å². The number of nitrogens with one attached hydrogen (secondary N) is 1. The summed E-state index contributed by atoms with van der Waals surface area (Å²) in [5, 5.41) is 0.451. The van der Waals surface area contributed by atoms with Gasteiger partial charge in [-0.25, -0.2) is 8.42 Å². The first-order valence-electron chi connectivity index (χ1n) is 7.14. The number of ether oxygens (including phenoxy) is 2. The Bertz CT molecular complexity index is 777. The summed E-state index contributed by atoms with van der Waals surface area (Å²) in [6.45, 7) is 4.54. The van der Waals surface area contributed by atoms with Crippen molar-refractivity contribution >= 4 is 27.3 Å². The van der Waals surface area contributed by atoms with Crippen molar-refractivity contribution in [3.63, 3.8) is 0 Å². The van der Waals surface area contributed by atoms with Gasteiger partial charge in [-0.3, -0.25) is 4.72 Å². The maximum absolute atomic E-state index is 12.5. The minimum atomic E-state index is -3.75. The van der Waals surface area contributed by atoms with Crippen LogP contribution in [0.2, 0.25) is 5.02 Å². The predicted octanol–water partition coefficient (Wildman–Crippen LogP) is 3.94. The number of benzene rings is 2. The third-order valence-electron chi connectivity index (χ3n) is 2.90. The maximum Gasteiger partial charge on any atom is 0.262 e. The second-order valence-corrected chi connectivity index (χ2v) is 6.71. The fraction of sp³-hybridized carbons (Fsp3) is 0.250. The highest BCUT2D eigenvalue weighted by atomic mass is 35.5. The monoisotopic (exact) mass is 355 g/mol. The van der Waals surface area contributed by atoms with E-state index in [0.29, 0.717) is 35.4 Å². The molecule has 2 aromatic rings. The summed E-state index contributed by atoms with van der Waals surface area (Å²) in [6.07, 6.45) is 0. The van der Waals surface area contributed by atoms with E-state index in [1.165, 1.54) is 18.2 Å². The minimum Gasteiger partial charge on any atom is -0.490 e. The first-order chi connectivity index (χ1) is 11.0. The van der Waals surface area contributed by atoms with Crippen LogP contribution < -0.4 is 14.2 Å². The van der Waals surface area contributed by atoms with Crippen LogP contribution in [0.25, 0.3) is 0 Å². The molecule has 0 atom stereocenters. The Labute approximate surface area is 141 Å². The SMILES string of the molecule is CCOc1ccc(S(=O)(=O)Nc2cccc(Cl)c2)cc1OCC. The number of hydrogen-bond acceptors (Lipinski definition) is 4. The van der Waals surface area contributed by atoms with Crippen LogP contribution in [0.5, 0.6) is 11.5 Å². The van der Waals surface area contributed by atoms with Crippen molar-refractivity contribution in [2.75, 3.05) is 17.9 Å². The van der Waals surface area contributed by atoms with Gasteiger partial charge in [0.1, 0.15) is 0 Å². The molecule has 0 aromatic heterocycles. The smallest absolute Gasteiger partial charge is 0.262 e. The summed E-state index contributed by atoms with van der Waals surface area (Å²) in [5.41, 5.74) is 0.393. The van der Waals surface area contributed by atoms with Crippen LogP contribution in [-0.4, -0.2) is 21.6 Å². The molecular weight excluding hydrogens is 338 g/mol. The van der Waals surface area contributed by atoms with Crippen LogP contribution in [-0.2, 0) is 10.0 Å². The molecule has 0 spiro atoms. The summed E-state index contributed by atoms with van der Waals surface area (Å²) < 4.78 is 38.4. The van der Waals surface area contributed by atoms with Crippen molar-refractivity contribution in [3.05, 3.63) is 47.5 Å². The lowest BCUT2D eigenvalue weighted by atomic mass is 10.3. The van der Waals surface area contributed by atoms with Crippen molar-refractivity contribution < 1.29 is 17.9 Å². The first-order valence-corrected chi connectivity index (χ1v) is 9.00. The molecule has 1 N–H and O–H groups in total. The second-order valence-electron chi connectivity index (χ2n) is 4.59. The van der Waals surface area contributed by atoms with Gasteiger partial charge in [-0.2, -0.15) is 0 Å². The standard InChI is InChI=1S/C16H18ClNO4S/c1-3-21-15-9-8-14(11-16(15)22-4-2)23(19,20)18-13-7-5-6-12(17)10-13/h5-11,18H,3-4H2,1-2H3. The van der Waals surface area contributed by atoms with E-state index >= 15 is 0 Å². The van der Waals surface area contributed by atoms with Crippen LogP contribution in [0, 0.1) is 0 Å². The fourth-order valence-electron chi connectivity index (χ4n) is 1.96. The van der Waals surface area contributed by atoms with Gasteiger partial charge in [0.2, 0.25) is 0 Å². The summed E-state index contributed by atoms with van der Waals surface area (Å²) in [5.74, 6) is 0.902. The third kappa shape index (κ3) is 4.53. The second kappa shape index (κ2) is 7.57. The third-order valence-corrected chi connectivity index (χ3v) is 4.52. The molecule has 2 aromatic carbocycles. The highest BCUT2D eigenvalue weighted by Gasteiger charge is 2.17. The van der Waals surface area contributed by atoms with E-state index in [9.17, 15) is 8.42 Å². The fourth-order valence-corrected chi connectivity index (χ4v) is 3.22. The van der Waals surface area contributed by atoms with Gasteiger partial charge in [0.15, 0.2) is 11.5 Å². The lowest BCUT2D eigenvalue weighted by Gasteiger charge is -2.13. The average Bonchev–Trinajstić information content (AvgIpc) is 2.49. The Kier molecular flexibility index (Phi) is 5.74. The lowest BCUT2D eigenvalue weighted by molar-refractivity contribution is 0.287. The van der Waals surface area contributed by atoms with Gasteiger partial charge >= 0.3 is 0 Å². The summed E-state index contributed by atoms with van der Waals surface area (Å²) in [4.78, 5) is 0.0874. The van der Waals surface area contributed by atoms with Gasteiger partial charge in [0, 0.05) is 11.1 Å². The average molecular weight is 356 g/mol. The van der Waals surface area contributed by atoms with E-state index in [0.717, 1.165) is 0 Å². The van der Waals surface area contributed by atoms with Crippen LogP contribution in [0.15, 0.2) is 47.4 Å². The van der Waals surface area contributed by atoms with Gasteiger partial charge in [0.25, 0.3) is 10.0 Å². The van der Waals surface area contributed by atoms with E-state index < -0.39 is 10.0 Å². The molecule has 0 heterocycles. The van der Waals surface area contributed by atoms with E-state index in [1.807, 2.05) is 13.8 Å². The van der Waals surface area contributed by atoms with Crippen molar-refractivity contribution in [2.45, 2.75) is 18.7 Å². The number of halogens is 1. The highest BCUT2D eigenvalue weighted by Crippen LogP contribution is 2.31. The molecule has 0 radical (unpaired) electrons. The number of rotatable bonds is 7. The molecule has 7 heteroatoms. The van der Waals surface area contributed by atoms with E-state index in [-0.39, 0.29) is 4.90 Å². The van der Waals surface area contributed by atoms with E-state index in [2.05, 4.69) is 4.72 Å². The van der Waals surface area contributed by atoms with Crippen LogP contribution >= 0.6 is 11.6 Å². The molecule has 0 aliphatic carbocycles. The van der Waals surface area contributed by atoms with Crippen LogP contribution in [0.3, 0.4) is 0 Å². The molecule has 0 amide bonds. The Hall–Kier alpha value is -1.92. The zero-order valence-electron chi connectivity index (χ0n) is 12.9. The van der Waals surface area contributed by atoms with Crippen molar-refractivity contribution in [3.8, 4) is 11.5 Å². The highest BCUT2D eigenvalue weighted by molar-refractivity contribution is 7.92. The van der Waals surface area contributed by atoms with Crippen molar-refractivity contribution in [1.29, 1.82) is 0 Å². The molecule has 0 unspecified atom stereocenters. The molecule has 124 valence electrons. The molecule has 0 aliphatic rings. The number of hydrogen-bond donors (Lipinski definition) is 1. The number of anilines is 1. The molecule has 5 nitrogen and oxygen atoms in total. The van der Waals surface area contributed by atoms with E-state index in [1.54, 1.807) is 24.3 Å². The van der Waals surface area contributed by atoms with Crippen LogP contribution in [0.1, 0.15) is 13.8 Å². The van der Waals surface area contributed by atoms with Crippen LogP contribution in [0.4, 0.5) is 5.69 Å². The Morgan fingerprint density at radius 3 is 2.35 bits per heavy atom. The van der Waals surface area contributed by atoms with Gasteiger partial charge < -0.3 is 9.47 Å². The van der Waals surface area contributed by atoms with Gasteiger partial charge in [-0.05, 0) is 44.2 Å². The lowest BCUT2D eigenvalue weighted by Crippen LogP contribution is -2.13. The molecule has 0 saturated carbocycles. The molecule has 0 aliphatic heterocycles. The van der Waals surface area contributed by atoms with Gasteiger partial charge in [0.05, 0.1) is 23.8 Å². The minimum absolute atomic E-state index is 0.0874. The molecule has 0 bridgehead atoms. The zero-order chi connectivity index (χ0) is 16.9. The Balaban J connectivity index is 2.33. The summed E-state index contributed by atoms with van der Waals surface area (Å²) in [6, 6.07) is 11.0. The first kappa shape index (κ1) is 17.4. The summed E-state index contributed by atoms with van der Waals surface area (Å²) >= 11 is 5.87. The molecule has 2 rings (SSSR count). The topological polar surface area (TPSA) is 64.6 Å². The molecular formula is C16H18ClNO4S. The zero-order valence-corrected chi connectivity index (χ0v) is 14.4. The molecule has 0 fully saturated rings. The van der Waals surface area contributed by atoms with Gasteiger partial charge in [-0.15, -0.1) is 0 Å². The Morgan fingerprint density at radius 1 is 1.00 bits per heavy atom. The van der Waals surface area contributed by atoms with Gasteiger partial charge in [-0.1, -0.05) is 17.7 Å². The molecule has 23 heavy (non-hydrogen) atoms. The normalized spacial score (nSPS) is 11.1. The molecule has 0 saturated heterocycles. The number of sulfonamides is 1. The Morgan fingerprint density at radius 2 is 1.70 bits per heavy atom.